The number of rotatable bonds is 5. The summed E-state index contributed by atoms with van der Waals surface area (Å²) in [5.41, 5.74) is 1.93. The largest absolute Gasteiger partial charge is 0.376 e. The molecule has 0 radical (unpaired) electrons. The second kappa shape index (κ2) is 6.75. The Balaban J connectivity index is 1.65. The number of para-hydroxylation sites is 1. The number of nitrogens with one attached hydrogen (secondary N) is 2. The van der Waals surface area contributed by atoms with Crippen LogP contribution >= 0.6 is 0 Å². The Bertz CT molecular complexity index is 859. The maximum Gasteiger partial charge on any atom is 0.243 e. The fourth-order valence-electron chi connectivity index (χ4n) is 2.41. The Kier molecular flexibility index (Phi) is 4.34. The molecule has 0 saturated heterocycles. The van der Waals surface area contributed by atoms with Crippen LogP contribution in [0, 0.1) is 0 Å². The molecular formula is C19H16N2O2. The third-order valence-electron chi connectivity index (χ3n) is 3.56. The van der Waals surface area contributed by atoms with E-state index in [2.05, 4.69) is 10.6 Å². The molecule has 0 unspecified atom stereocenters. The smallest absolute Gasteiger partial charge is 0.243 e. The minimum absolute atomic E-state index is 0.0949. The zero-order valence-electron chi connectivity index (χ0n) is 12.5. The minimum atomic E-state index is -0.166. The Morgan fingerprint density at radius 1 is 0.913 bits per heavy atom. The monoisotopic (exact) mass is 304 g/mol. The van der Waals surface area contributed by atoms with Crippen molar-refractivity contribution in [2.24, 2.45) is 0 Å². The van der Waals surface area contributed by atoms with Gasteiger partial charge in [0.1, 0.15) is 0 Å². The number of carbonyl (C=O) groups excluding carboxylic acids is 2. The molecule has 0 aliphatic carbocycles. The first kappa shape index (κ1) is 14.8. The van der Waals surface area contributed by atoms with Crippen molar-refractivity contribution in [1.82, 2.24) is 0 Å². The van der Waals surface area contributed by atoms with Gasteiger partial charge in [-0.25, -0.2) is 0 Å². The molecule has 4 nitrogen and oxygen atoms in total. The van der Waals surface area contributed by atoms with Gasteiger partial charge in [0, 0.05) is 16.9 Å². The average molecular weight is 304 g/mol. The number of benzene rings is 3. The molecule has 0 atom stereocenters. The third kappa shape index (κ3) is 3.55. The molecular weight excluding hydrogens is 288 g/mol. The van der Waals surface area contributed by atoms with Crippen LogP contribution in [-0.4, -0.2) is 18.7 Å². The van der Waals surface area contributed by atoms with Gasteiger partial charge in [-0.2, -0.15) is 0 Å². The molecule has 0 fully saturated rings. The summed E-state index contributed by atoms with van der Waals surface area (Å²) in [6, 6.07) is 20.8. The van der Waals surface area contributed by atoms with Gasteiger partial charge in [-0.1, -0.05) is 42.5 Å². The molecule has 2 N–H and O–H groups in total. The molecule has 0 saturated carbocycles. The quantitative estimate of drug-likeness (QED) is 0.707. The zero-order valence-corrected chi connectivity index (χ0v) is 12.5. The first-order valence-corrected chi connectivity index (χ1v) is 7.33. The lowest BCUT2D eigenvalue weighted by atomic mass is 10.1. The van der Waals surface area contributed by atoms with E-state index < -0.39 is 0 Å². The molecule has 23 heavy (non-hydrogen) atoms. The van der Waals surface area contributed by atoms with E-state index in [-0.39, 0.29) is 12.5 Å². The Morgan fingerprint density at radius 2 is 1.65 bits per heavy atom. The molecule has 4 heteroatoms. The van der Waals surface area contributed by atoms with E-state index in [1.807, 2.05) is 48.5 Å². The molecule has 0 bridgehead atoms. The molecule has 3 rings (SSSR count). The molecule has 0 heterocycles. The van der Waals surface area contributed by atoms with Crippen LogP contribution in [0.15, 0.2) is 66.7 Å². The van der Waals surface area contributed by atoms with Gasteiger partial charge >= 0.3 is 0 Å². The number of amides is 1. The molecule has 0 aliphatic heterocycles. The van der Waals surface area contributed by atoms with E-state index in [9.17, 15) is 9.59 Å². The Hall–Kier alpha value is -3.14. The highest BCUT2D eigenvalue weighted by atomic mass is 16.2. The lowest BCUT2D eigenvalue weighted by Crippen LogP contribution is -2.22. The molecule has 3 aromatic rings. The summed E-state index contributed by atoms with van der Waals surface area (Å²) in [6.07, 6.45) is 0.767. The number of fused-ring (bicyclic) bond motifs is 1. The van der Waals surface area contributed by atoms with Crippen molar-refractivity contribution < 1.29 is 9.59 Å². The van der Waals surface area contributed by atoms with Crippen molar-refractivity contribution in [2.75, 3.05) is 17.2 Å². The van der Waals surface area contributed by atoms with Crippen molar-refractivity contribution in [2.45, 2.75) is 0 Å². The fraction of sp³-hybridized carbons (Fsp3) is 0.0526. The van der Waals surface area contributed by atoms with E-state index in [0.717, 1.165) is 22.7 Å². The van der Waals surface area contributed by atoms with Crippen LogP contribution in [0.2, 0.25) is 0 Å². The maximum absolute atomic E-state index is 12.1. The number of hydrogen-bond acceptors (Lipinski definition) is 3. The van der Waals surface area contributed by atoms with Gasteiger partial charge in [-0.15, -0.1) is 0 Å². The average Bonchev–Trinajstić information content (AvgIpc) is 2.60. The minimum Gasteiger partial charge on any atom is -0.376 e. The van der Waals surface area contributed by atoms with Crippen molar-refractivity contribution in [3.8, 4) is 0 Å². The maximum atomic E-state index is 12.1. The van der Waals surface area contributed by atoms with Gasteiger partial charge in [-0.05, 0) is 35.0 Å². The van der Waals surface area contributed by atoms with E-state index >= 15 is 0 Å². The standard InChI is InChI=1S/C19H16N2O2/c22-13-16-7-3-4-8-18(16)20-12-19(23)21-17-10-9-14-5-1-2-6-15(14)11-17/h1-11,13,20H,12H2,(H,21,23). The van der Waals surface area contributed by atoms with Crippen molar-refractivity contribution in [1.29, 1.82) is 0 Å². The topological polar surface area (TPSA) is 58.2 Å². The summed E-state index contributed by atoms with van der Waals surface area (Å²) in [6.45, 7) is 0.0949. The zero-order chi connectivity index (χ0) is 16.1. The first-order chi connectivity index (χ1) is 11.3. The second-order valence-electron chi connectivity index (χ2n) is 5.17. The van der Waals surface area contributed by atoms with Crippen LogP contribution in [0.25, 0.3) is 10.8 Å². The summed E-state index contributed by atoms with van der Waals surface area (Å²) in [7, 11) is 0. The predicted molar refractivity (Wildman–Crippen MR) is 92.9 cm³/mol. The fourth-order valence-corrected chi connectivity index (χ4v) is 2.41. The molecule has 114 valence electrons. The van der Waals surface area contributed by atoms with E-state index in [0.29, 0.717) is 11.3 Å². The molecule has 0 spiro atoms. The Morgan fingerprint density at radius 3 is 2.48 bits per heavy atom. The normalized spacial score (nSPS) is 10.3. The van der Waals surface area contributed by atoms with Crippen LogP contribution in [-0.2, 0) is 4.79 Å². The summed E-state index contributed by atoms with van der Waals surface area (Å²) < 4.78 is 0. The highest BCUT2D eigenvalue weighted by Gasteiger charge is 2.05. The lowest BCUT2D eigenvalue weighted by molar-refractivity contribution is -0.114. The van der Waals surface area contributed by atoms with E-state index in [1.165, 1.54) is 0 Å². The highest BCUT2D eigenvalue weighted by molar-refractivity contribution is 5.97. The van der Waals surface area contributed by atoms with E-state index in [1.54, 1.807) is 18.2 Å². The highest BCUT2D eigenvalue weighted by Crippen LogP contribution is 2.19. The van der Waals surface area contributed by atoms with E-state index in [4.69, 9.17) is 0 Å². The van der Waals surface area contributed by atoms with Gasteiger partial charge in [0.15, 0.2) is 6.29 Å². The van der Waals surface area contributed by atoms with Crippen molar-refractivity contribution >= 4 is 34.3 Å². The number of carbonyl (C=O) groups is 2. The van der Waals surface area contributed by atoms with Gasteiger partial charge in [-0.3, -0.25) is 9.59 Å². The lowest BCUT2D eigenvalue weighted by Gasteiger charge is -2.10. The van der Waals surface area contributed by atoms with Gasteiger partial charge in [0.05, 0.1) is 6.54 Å². The molecule has 1 amide bonds. The second-order valence-corrected chi connectivity index (χ2v) is 5.17. The summed E-state index contributed by atoms with van der Waals surface area (Å²) >= 11 is 0. The molecule has 3 aromatic carbocycles. The summed E-state index contributed by atoms with van der Waals surface area (Å²) in [5.74, 6) is -0.166. The van der Waals surface area contributed by atoms with Crippen molar-refractivity contribution in [3.05, 3.63) is 72.3 Å². The summed E-state index contributed by atoms with van der Waals surface area (Å²) in [4.78, 5) is 23.0. The number of hydrogen-bond donors (Lipinski definition) is 2. The number of anilines is 2. The van der Waals surface area contributed by atoms with Crippen LogP contribution in [0.1, 0.15) is 10.4 Å². The summed E-state index contributed by atoms with van der Waals surface area (Å²) in [5, 5.41) is 8.03. The predicted octanol–water partition coefficient (Wildman–Crippen LogP) is 3.70. The number of aldehydes is 1. The molecule has 0 aromatic heterocycles. The van der Waals surface area contributed by atoms with Gasteiger partial charge in [0.2, 0.25) is 5.91 Å². The van der Waals surface area contributed by atoms with Gasteiger partial charge < -0.3 is 10.6 Å². The Labute approximate surface area is 134 Å². The SMILES string of the molecule is O=Cc1ccccc1NCC(=O)Nc1ccc2ccccc2c1. The third-order valence-corrected chi connectivity index (χ3v) is 3.56. The first-order valence-electron chi connectivity index (χ1n) is 7.33. The van der Waals surface area contributed by atoms with Crippen LogP contribution in [0.5, 0.6) is 0 Å². The van der Waals surface area contributed by atoms with Crippen LogP contribution in [0.4, 0.5) is 11.4 Å². The van der Waals surface area contributed by atoms with Crippen molar-refractivity contribution in [3.63, 3.8) is 0 Å². The van der Waals surface area contributed by atoms with Crippen LogP contribution in [0.3, 0.4) is 0 Å². The van der Waals surface area contributed by atoms with Gasteiger partial charge in [0.25, 0.3) is 0 Å². The molecule has 0 aliphatic rings. The van der Waals surface area contributed by atoms with Crippen LogP contribution < -0.4 is 10.6 Å².